The topological polar surface area (TPSA) is 72.6 Å². The van der Waals surface area contributed by atoms with Crippen molar-refractivity contribution in [2.45, 2.75) is 13.2 Å². The van der Waals surface area contributed by atoms with E-state index >= 15 is 0 Å². The van der Waals surface area contributed by atoms with Gasteiger partial charge >= 0.3 is 0 Å². The molecule has 0 atom stereocenters. The van der Waals surface area contributed by atoms with Crippen LogP contribution in [0.3, 0.4) is 0 Å². The first-order valence-electron chi connectivity index (χ1n) is 5.85. The summed E-state index contributed by atoms with van der Waals surface area (Å²) in [7, 11) is 0. The average Bonchev–Trinajstić information content (AvgIpc) is 2.46. The normalized spacial score (nSPS) is 10.3. The Kier molecular flexibility index (Phi) is 4.70. The van der Waals surface area contributed by atoms with Gasteiger partial charge in [-0.25, -0.2) is 0 Å². The predicted molar refractivity (Wildman–Crippen MR) is 77.5 cm³/mol. The van der Waals surface area contributed by atoms with E-state index in [2.05, 4.69) is 15.9 Å². The molecular weight excluding hydrogens is 326 g/mol. The average molecular weight is 338 g/mol. The number of nitrogens with zero attached hydrogens (tertiary/aromatic N) is 1. The Morgan fingerprint density at radius 1 is 1.15 bits per heavy atom. The third-order valence-corrected chi connectivity index (χ3v) is 3.39. The van der Waals surface area contributed by atoms with Gasteiger partial charge in [-0.2, -0.15) is 0 Å². The number of aliphatic hydroxyl groups excluding tert-OH is 1. The molecule has 20 heavy (non-hydrogen) atoms. The number of hydrogen-bond acceptors (Lipinski definition) is 4. The summed E-state index contributed by atoms with van der Waals surface area (Å²) in [6, 6.07) is 11.9. The minimum absolute atomic E-state index is 0.0147. The number of hydrogen-bond donors (Lipinski definition) is 1. The molecule has 0 aliphatic heterocycles. The molecule has 0 bridgehead atoms. The second-order valence-electron chi connectivity index (χ2n) is 4.13. The molecular formula is C14H12BrNO4. The van der Waals surface area contributed by atoms with E-state index in [1.807, 2.05) is 0 Å². The maximum Gasteiger partial charge on any atom is 0.283 e. The summed E-state index contributed by atoms with van der Waals surface area (Å²) in [6.07, 6.45) is 0. The molecule has 0 saturated heterocycles. The number of nitro benzene ring substituents is 1. The molecule has 0 unspecified atom stereocenters. The molecule has 0 aliphatic carbocycles. The summed E-state index contributed by atoms with van der Waals surface area (Å²) in [5.74, 6) is 0.646. The van der Waals surface area contributed by atoms with Gasteiger partial charge in [0, 0.05) is 6.07 Å². The van der Waals surface area contributed by atoms with Gasteiger partial charge in [0.05, 0.1) is 16.0 Å². The van der Waals surface area contributed by atoms with Gasteiger partial charge in [-0.1, -0.05) is 18.2 Å². The molecule has 2 aromatic carbocycles. The van der Waals surface area contributed by atoms with Crippen LogP contribution < -0.4 is 4.74 Å². The van der Waals surface area contributed by atoms with Crippen LogP contribution in [0.4, 0.5) is 5.69 Å². The Labute approximate surface area is 124 Å². The molecule has 0 amide bonds. The molecule has 1 N–H and O–H groups in total. The molecule has 0 radical (unpaired) electrons. The van der Waals surface area contributed by atoms with E-state index in [-0.39, 0.29) is 18.9 Å². The van der Waals surface area contributed by atoms with Crippen molar-refractivity contribution in [1.82, 2.24) is 0 Å². The number of benzene rings is 2. The van der Waals surface area contributed by atoms with Gasteiger partial charge in [0.15, 0.2) is 0 Å². The Balaban J connectivity index is 2.06. The SMILES string of the molecule is O=[N+]([O-])c1cc(COc2ccc(CO)cc2)ccc1Br. The first kappa shape index (κ1) is 14.5. The Hall–Kier alpha value is -1.92. The standard InChI is InChI=1S/C14H12BrNO4/c15-13-6-3-11(7-14(13)16(18)19)9-20-12-4-1-10(8-17)2-5-12/h1-7,17H,8-9H2. The van der Waals surface area contributed by atoms with Crippen molar-refractivity contribution in [3.05, 3.63) is 68.2 Å². The fraction of sp³-hybridized carbons (Fsp3) is 0.143. The van der Waals surface area contributed by atoms with Gasteiger partial charge < -0.3 is 9.84 Å². The van der Waals surface area contributed by atoms with Crippen LogP contribution in [0.15, 0.2) is 46.9 Å². The first-order chi connectivity index (χ1) is 9.60. The zero-order valence-corrected chi connectivity index (χ0v) is 12.0. The number of ether oxygens (including phenoxy) is 1. The quantitative estimate of drug-likeness (QED) is 0.670. The molecule has 5 nitrogen and oxygen atoms in total. The summed E-state index contributed by atoms with van der Waals surface area (Å²) in [5.41, 5.74) is 1.53. The molecule has 6 heteroatoms. The van der Waals surface area contributed by atoms with Crippen molar-refractivity contribution < 1.29 is 14.8 Å². The maximum atomic E-state index is 10.8. The smallest absolute Gasteiger partial charge is 0.283 e. The van der Waals surface area contributed by atoms with Crippen molar-refractivity contribution in [3.63, 3.8) is 0 Å². The molecule has 104 valence electrons. The zero-order chi connectivity index (χ0) is 14.5. The largest absolute Gasteiger partial charge is 0.489 e. The zero-order valence-electron chi connectivity index (χ0n) is 10.5. The van der Waals surface area contributed by atoms with E-state index < -0.39 is 4.92 Å². The Morgan fingerprint density at radius 2 is 1.80 bits per heavy atom. The van der Waals surface area contributed by atoms with Crippen LogP contribution >= 0.6 is 15.9 Å². The number of nitro groups is 1. The Bertz CT molecular complexity index is 613. The van der Waals surface area contributed by atoms with Crippen molar-refractivity contribution in [1.29, 1.82) is 0 Å². The highest BCUT2D eigenvalue weighted by Crippen LogP contribution is 2.26. The van der Waals surface area contributed by atoms with E-state index in [9.17, 15) is 10.1 Å². The van der Waals surface area contributed by atoms with Gasteiger partial charge in [-0.3, -0.25) is 10.1 Å². The highest BCUT2D eigenvalue weighted by molar-refractivity contribution is 9.10. The minimum Gasteiger partial charge on any atom is -0.489 e. The van der Waals surface area contributed by atoms with Crippen LogP contribution in [0.2, 0.25) is 0 Å². The molecule has 0 saturated carbocycles. The van der Waals surface area contributed by atoms with Crippen LogP contribution in [0.5, 0.6) is 5.75 Å². The highest BCUT2D eigenvalue weighted by atomic mass is 79.9. The predicted octanol–water partition coefficient (Wildman–Crippen LogP) is 3.43. The third-order valence-electron chi connectivity index (χ3n) is 2.72. The maximum absolute atomic E-state index is 10.8. The molecule has 2 aromatic rings. The highest BCUT2D eigenvalue weighted by Gasteiger charge is 2.12. The van der Waals surface area contributed by atoms with Gasteiger partial charge in [0.25, 0.3) is 5.69 Å². The van der Waals surface area contributed by atoms with E-state index in [1.165, 1.54) is 6.07 Å². The van der Waals surface area contributed by atoms with E-state index in [0.29, 0.717) is 15.8 Å². The lowest BCUT2D eigenvalue weighted by atomic mass is 10.2. The van der Waals surface area contributed by atoms with Gasteiger partial charge in [0.2, 0.25) is 0 Å². The molecule has 0 spiro atoms. The lowest BCUT2D eigenvalue weighted by molar-refractivity contribution is -0.385. The molecule has 0 heterocycles. The van der Waals surface area contributed by atoms with E-state index in [4.69, 9.17) is 9.84 Å². The van der Waals surface area contributed by atoms with E-state index in [0.717, 1.165) is 5.56 Å². The van der Waals surface area contributed by atoms with Crippen LogP contribution in [0, 0.1) is 10.1 Å². The second-order valence-corrected chi connectivity index (χ2v) is 4.99. The van der Waals surface area contributed by atoms with Crippen molar-refractivity contribution in [3.8, 4) is 5.75 Å². The molecule has 0 aromatic heterocycles. The van der Waals surface area contributed by atoms with Crippen LogP contribution in [0.1, 0.15) is 11.1 Å². The summed E-state index contributed by atoms with van der Waals surface area (Å²) in [5, 5.41) is 19.8. The molecule has 2 rings (SSSR count). The second kappa shape index (κ2) is 6.49. The Morgan fingerprint density at radius 3 is 2.40 bits per heavy atom. The monoisotopic (exact) mass is 337 g/mol. The molecule has 0 aliphatic rings. The first-order valence-corrected chi connectivity index (χ1v) is 6.65. The fourth-order valence-corrected chi connectivity index (χ4v) is 2.04. The van der Waals surface area contributed by atoms with Crippen LogP contribution in [-0.2, 0) is 13.2 Å². The minimum atomic E-state index is -0.441. The van der Waals surface area contributed by atoms with Gasteiger partial charge in [-0.05, 0) is 45.3 Å². The van der Waals surface area contributed by atoms with Crippen molar-refractivity contribution in [2.24, 2.45) is 0 Å². The number of rotatable bonds is 5. The number of aliphatic hydroxyl groups is 1. The van der Waals surface area contributed by atoms with Crippen LogP contribution in [0.25, 0.3) is 0 Å². The lowest BCUT2D eigenvalue weighted by Gasteiger charge is -2.07. The fourth-order valence-electron chi connectivity index (χ4n) is 1.65. The summed E-state index contributed by atoms with van der Waals surface area (Å²) >= 11 is 3.14. The third kappa shape index (κ3) is 3.55. The van der Waals surface area contributed by atoms with Gasteiger partial charge in [-0.15, -0.1) is 0 Å². The van der Waals surface area contributed by atoms with Crippen LogP contribution in [-0.4, -0.2) is 10.0 Å². The van der Waals surface area contributed by atoms with Crippen molar-refractivity contribution >= 4 is 21.6 Å². The lowest BCUT2D eigenvalue weighted by Crippen LogP contribution is -1.97. The van der Waals surface area contributed by atoms with Gasteiger partial charge in [0.1, 0.15) is 12.4 Å². The number of halogens is 1. The van der Waals surface area contributed by atoms with Crippen molar-refractivity contribution in [2.75, 3.05) is 0 Å². The summed E-state index contributed by atoms with van der Waals surface area (Å²) in [4.78, 5) is 10.4. The summed E-state index contributed by atoms with van der Waals surface area (Å²) in [6.45, 7) is 0.228. The summed E-state index contributed by atoms with van der Waals surface area (Å²) < 4.78 is 5.99. The molecule has 0 fully saturated rings. The van der Waals surface area contributed by atoms with E-state index in [1.54, 1.807) is 36.4 Å².